The highest BCUT2D eigenvalue weighted by atomic mass is 16.3. The third-order valence-electron chi connectivity index (χ3n) is 4.08. The molecule has 2 atom stereocenters. The highest BCUT2D eigenvalue weighted by Gasteiger charge is 2.44. The lowest BCUT2D eigenvalue weighted by molar-refractivity contribution is -0.0123. The molecule has 17 heavy (non-hydrogen) atoms. The maximum atomic E-state index is 10.6. The second-order valence-electron chi connectivity index (χ2n) is 5.35. The summed E-state index contributed by atoms with van der Waals surface area (Å²) in [5, 5.41) is 13.9. The van der Waals surface area contributed by atoms with E-state index in [4.69, 9.17) is 0 Å². The Morgan fingerprint density at radius 1 is 1.35 bits per heavy atom. The smallest absolute Gasteiger partial charge is 0.0938 e. The van der Waals surface area contributed by atoms with E-state index in [-0.39, 0.29) is 0 Å². The van der Waals surface area contributed by atoms with Gasteiger partial charge in [-0.25, -0.2) is 0 Å². The molecule has 0 aromatic heterocycles. The Bertz CT molecular complexity index is 377. The van der Waals surface area contributed by atoms with Gasteiger partial charge in [-0.2, -0.15) is 0 Å². The molecule has 0 radical (unpaired) electrons. The number of aliphatic hydroxyl groups is 1. The van der Waals surface area contributed by atoms with Crippen LogP contribution in [-0.4, -0.2) is 41.3 Å². The van der Waals surface area contributed by atoms with Crippen LogP contribution in [0.1, 0.15) is 18.4 Å². The van der Waals surface area contributed by atoms with Crippen molar-refractivity contribution in [3.05, 3.63) is 35.9 Å². The molecule has 2 N–H and O–H groups in total. The molecule has 2 aliphatic rings. The predicted molar refractivity (Wildman–Crippen MR) is 67.7 cm³/mol. The molecule has 2 aliphatic heterocycles. The van der Waals surface area contributed by atoms with Gasteiger partial charge in [-0.1, -0.05) is 30.3 Å². The number of benzene rings is 1. The summed E-state index contributed by atoms with van der Waals surface area (Å²) in [6.07, 6.45) is 2.02. The average molecular weight is 232 g/mol. The summed E-state index contributed by atoms with van der Waals surface area (Å²) in [7, 11) is 0. The molecule has 0 saturated carbocycles. The molecule has 2 fully saturated rings. The SMILES string of the molecule is OC1(C2CCN2)CCN(Cc2ccccc2)C1. The van der Waals surface area contributed by atoms with Crippen LogP contribution in [0.25, 0.3) is 0 Å². The lowest BCUT2D eigenvalue weighted by Gasteiger charge is -2.40. The summed E-state index contributed by atoms with van der Waals surface area (Å²) in [5.41, 5.74) is 0.839. The molecule has 2 saturated heterocycles. The molecule has 92 valence electrons. The minimum absolute atomic E-state index is 0.322. The second kappa shape index (κ2) is 4.41. The van der Waals surface area contributed by atoms with E-state index in [1.807, 2.05) is 6.07 Å². The monoisotopic (exact) mass is 232 g/mol. The molecule has 2 unspecified atom stereocenters. The highest BCUT2D eigenvalue weighted by molar-refractivity contribution is 5.15. The van der Waals surface area contributed by atoms with Crippen LogP contribution in [-0.2, 0) is 6.54 Å². The molecule has 0 spiro atoms. The van der Waals surface area contributed by atoms with E-state index in [2.05, 4.69) is 34.5 Å². The van der Waals surface area contributed by atoms with Gasteiger partial charge in [-0.05, 0) is 24.9 Å². The number of hydrogen-bond acceptors (Lipinski definition) is 3. The quantitative estimate of drug-likeness (QED) is 0.815. The molecule has 1 aromatic carbocycles. The highest BCUT2D eigenvalue weighted by Crippen LogP contribution is 2.30. The fraction of sp³-hybridized carbons (Fsp3) is 0.571. The Kier molecular flexibility index (Phi) is 2.90. The minimum Gasteiger partial charge on any atom is -0.387 e. The number of likely N-dealkylation sites (tertiary alicyclic amines) is 1. The van der Waals surface area contributed by atoms with Crippen LogP contribution >= 0.6 is 0 Å². The first-order valence-electron chi connectivity index (χ1n) is 6.48. The maximum Gasteiger partial charge on any atom is 0.0938 e. The van der Waals surface area contributed by atoms with Crippen molar-refractivity contribution >= 4 is 0 Å². The summed E-state index contributed by atoms with van der Waals surface area (Å²) in [5.74, 6) is 0. The normalized spacial score (nSPS) is 33.6. The summed E-state index contributed by atoms with van der Waals surface area (Å²) in [6, 6.07) is 10.8. The first-order chi connectivity index (χ1) is 8.26. The van der Waals surface area contributed by atoms with Crippen molar-refractivity contribution in [3.8, 4) is 0 Å². The van der Waals surface area contributed by atoms with Crippen LogP contribution < -0.4 is 5.32 Å². The van der Waals surface area contributed by atoms with Gasteiger partial charge >= 0.3 is 0 Å². The first-order valence-corrected chi connectivity index (χ1v) is 6.48. The van der Waals surface area contributed by atoms with Crippen molar-refractivity contribution in [2.75, 3.05) is 19.6 Å². The minimum atomic E-state index is -0.493. The summed E-state index contributed by atoms with van der Waals surface area (Å²) >= 11 is 0. The lowest BCUT2D eigenvalue weighted by Crippen LogP contribution is -2.59. The van der Waals surface area contributed by atoms with Crippen LogP contribution in [0.4, 0.5) is 0 Å². The zero-order chi connectivity index (χ0) is 11.7. The molecule has 3 rings (SSSR count). The van der Waals surface area contributed by atoms with Crippen LogP contribution in [0.5, 0.6) is 0 Å². The van der Waals surface area contributed by atoms with Crippen LogP contribution in [0.15, 0.2) is 30.3 Å². The first kappa shape index (κ1) is 11.2. The zero-order valence-corrected chi connectivity index (χ0v) is 10.1. The topological polar surface area (TPSA) is 35.5 Å². The lowest BCUT2D eigenvalue weighted by atomic mass is 9.86. The van der Waals surface area contributed by atoms with Gasteiger partial charge < -0.3 is 10.4 Å². The van der Waals surface area contributed by atoms with Crippen molar-refractivity contribution in [2.45, 2.75) is 31.0 Å². The number of β-amino-alcohol motifs (C(OH)–C–C–N with tert-alkyl or cyclic N) is 1. The van der Waals surface area contributed by atoms with E-state index in [1.165, 1.54) is 5.56 Å². The van der Waals surface area contributed by atoms with Crippen LogP contribution in [0.3, 0.4) is 0 Å². The van der Waals surface area contributed by atoms with Crippen molar-refractivity contribution in [1.29, 1.82) is 0 Å². The molecule has 0 bridgehead atoms. The number of rotatable bonds is 3. The molecule has 3 heteroatoms. The summed E-state index contributed by atoms with van der Waals surface area (Å²) in [4.78, 5) is 2.36. The molecular formula is C14H20N2O. The second-order valence-corrected chi connectivity index (χ2v) is 5.35. The summed E-state index contributed by atoms with van der Waals surface area (Å²) in [6.45, 7) is 3.82. The summed E-state index contributed by atoms with van der Waals surface area (Å²) < 4.78 is 0. The van der Waals surface area contributed by atoms with E-state index in [9.17, 15) is 5.11 Å². The van der Waals surface area contributed by atoms with E-state index >= 15 is 0 Å². The van der Waals surface area contributed by atoms with Crippen molar-refractivity contribution < 1.29 is 5.11 Å². The Balaban J connectivity index is 1.60. The van der Waals surface area contributed by atoms with E-state index in [0.717, 1.165) is 39.0 Å². The van der Waals surface area contributed by atoms with E-state index in [1.54, 1.807) is 0 Å². The van der Waals surface area contributed by atoms with Crippen molar-refractivity contribution in [2.24, 2.45) is 0 Å². The predicted octanol–water partition coefficient (Wildman–Crippen LogP) is 0.985. The molecule has 3 nitrogen and oxygen atoms in total. The molecule has 0 aliphatic carbocycles. The Morgan fingerprint density at radius 2 is 2.12 bits per heavy atom. The largest absolute Gasteiger partial charge is 0.387 e. The third kappa shape index (κ3) is 2.23. The zero-order valence-electron chi connectivity index (χ0n) is 10.1. The Hall–Kier alpha value is -0.900. The fourth-order valence-corrected chi connectivity index (χ4v) is 2.91. The molecular weight excluding hydrogens is 212 g/mol. The number of hydrogen-bond donors (Lipinski definition) is 2. The van der Waals surface area contributed by atoms with Gasteiger partial charge in [0, 0.05) is 25.7 Å². The Labute approximate surface area is 102 Å². The average Bonchev–Trinajstić information content (AvgIpc) is 2.59. The van der Waals surface area contributed by atoms with Crippen LogP contribution in [0, 0.1) is 0 Å². The molecule has 0 amide bonds. The van der Waals surface area contributed by atoms with Gasteiger partial charge in [-0.15, -0.1) is 0 Å². The maximum absolute atomic E-state index is 10.6. The number of nitrogens with zero attached hydrogens (tertiary/aromatic N) is 1. The molecule has 1 aromatic rings. The number of nitrogens with one attached hydrogen (secondary N) is 1. The fourth-order valence-electron chi connectivity index (χ4n) is 2.91. The van der Waals surface area contributed by atoms with Gasteiger partial charge in [0.25, 0.3) is 0 Å². The van der Waals surface area contributed by atoms with E-state index in [0.29, 0.717) is 6.04 Å². The molecule has 2 heterocycles. The van der Waals surface area contributed by atoms with Crippen molar-refractivity contribution in [3.63, 3.8) is 0 Å². The van der Waals surface area contributed by atoms with Gasteiger partial charge in [0.05, 0.1) is 5.60 Å². The van der Waals surface area contributed by atoms with Crippen molar-refractivity contribution in [1.82, 2.24) is 10.2 Å². The third-order valence-corrected chi connectivity index (χ3v) is 4.08. The van der Waals surface area contributed by atoms with Crippen LogP contribution in [0.2, 0.25) is 0 Å². The Morgan fingerprint density at radius 3 is 2.76 bits per heavy atom. The van der Waals surface area contributed by atoms with Gasteiger partial charge in [0.15, 0.2) is 0 Å². The van der Waals surface area contributed by atoms with Gasteiger partial charge in [0.2, 0.25) is 0 Å². The van der Waals surface area contributed by atoms with Gasteiger partial charge in [0.1, 0.15) is 0 Å². The standard InChI is InChI=1S/C14H20N2O/c17-14(13-6-8-15-13)7-9-16(11-14)10-12-4-2-1-3-5-12/h1-5,13,15,17H,6-11H2. The van der Waals surface area contributed by atoms with E-state index < -0.39 is 5.60 Å². The van der Waals surface area contributed by atoms with Gasteiger partial charge in [-0.3, -0.25) is 4.90 Å².